The van der Waals surface area contributed by atoms with Crippen molar-refractivity contribution in [1.29, 1.82) is 0 Å². The topological polar surface area (TPSA) is 41.1 Å². The normalized spacial score (nSPS) is 13.9. The van der Waals surface area contributed by atoms with E-state index in [-0.39, 0.29) is 6.17 Å². The maximum absolute atomic E-state index is 4.97. The van der Waals surface area contributed by atoms with Crippen molar-refractivity contribution in [2.75, 3.05) is 10.2 Å². The Kier molecular flexibility index (Phi) is 6.50. The molecular formula is C43H30N4. The molecule has 0 spiro atoms. The number of pyridine rings is 2. The van der Waals surface area contributed by atoms with E-state index in [1.165, 1.54) is 27.1 Å². The third-order valence-corrected chi connectivity index (χ3v) is 9.16. The highest BCUT2D eigenvalue weighted by Gasteiger charge is 2.35. The van der Waals surface area contributed by atoms with Crippen molar-refractivity contribution < 1.29 is 0 Å². The summed E-state index contributed by atoms with van der Waals surface area (Å²) in [7, 11) is 0. The predicted octanol–water partition coefficient (Wildman–Crippen LogP) is 11.0. The van der Waals surface area contributed by atoms with E-state index in [1.54, 1.807) is 0 Å². The Labute approximate surface area is 273 Å². The zero-order chi connectivity index (χ0) is 31.2. The third-order valence-electron chi connectivity index (χ3n) is 9.16. The molecule has 2 aromatic heterocycles. The van der Waals surface area contributed by atoms with E-state index in [9.17, 15) is 0 Å². The van der Waals surface area contributed by atoms with E-state index in [0.717, 1.165) is 50.6 Å². The number of hydrogen-bond donors (Lipinski definition) is 1. The summed E-state index contributed by atoms with van der Waals surface area (Å²) < 4.78 is 0. The Balaban J connectivity index is 1.29. The van der Waals surface area contributed by atoms with Crippen molar-refractivity contribution in [3.05, 3.63) is 176 Å². The highest BCUT2D eigenvalue weighted by atomic mass is 15.4. The molecular weight excluding hydrogens is 573 g/mol. The summed E-state index contributed by atoms with van der Waals surface area (Å²) >= 11 is 0. The standard InChI is InChI=1S/C43H30N4/c1-3-12-29(13-4-1)37-21-23-45-43-41(37)46-42(47(43)35-16-5-2-6-17-35)34-25-32(31-15-11-22-44-28-31)24-33(26-34)40-27-30-14-7-8-18-36(30)38-19-9-10-20-39(38)40/h1-28,42,46H. The lowest BCUT2D eigenvalue weighted by Crippen LogP contribution is -2.24. The molecule has 0 amide bonds. The Morgan fingerprint density at radius 2 is 1.21 bits per heavy atom. The second-order valence-corrected chi connectivity index (χ2v) is 12.0. The molecule has 0 bridgehead atoms. The number of hydrogen-bond acceptors (Lipinski definition) is 4. The van der Waals surface area contributed by atoms with Crippen molar-refractivity contribution >= 4 is 38.7 Å². The van der Waals surface area contributed by atoms with Crippen LogP contribution in [-0.2, 0) is 0 Å². The molecule has 0 fully saturated rings. The SMILES string of the molecule is c1ccc(-c2ccnc3c2NC(c2cc(-c4cccnc4)cc(-c4cc5ccccc5c5ccccc45)c2)N3c2ccccc2)cc1. The number of para-hydroxylation sites is 1. The quantitative estimate of drug-likeness (QED) is 0.199. The lowest BCUT2D eigenvalue weighted by Gasteiger charge is -2.27. The van der Waals surface area contributed by atoms with Crippen LogP contribution in [-0.4, -0.2) is 9.97 Å². The lowest BCUT2D eigenvalue weighted by atomic mass is 9.90. The molecule has 0 saturated heterocycles. The first-order chi connectivity index (χ1) is 23.3. The van der Waals surface area contributed by atoms with E-state index in [2.05, 4.69) is 161 Å². The fraction of sp³-hybridized carbons (Fsp3) is 0.0233. The molecule has 0 saturated carbocycles. The van der Waals surface area contributed by atoms with Crippen LogP contribution in [0.3, 0.4) is 0 Å². The van der Waals surface area contributed by atoms with Crippen LogP contribution >= 0.6 is 0 Å². The van der Waals surface area contributed by atoms with E-state index in [1.807, 2.05) is 24.7 Å². The highest BCUT2D eigenvalue weighted by Crippen LogP contribution is 2.49. The maximum Gasteiger partial charge on any atom is 0.159 e. The first kappa shape index (κ1) is 27.1. The van der Waals surface area contributed by atoms with Crippen molar-refractivity contribution in [3.63, 3.8) is 0 Å². The van der Waals surface area contributed by atoms with Gasteiger partial charge in [0.05, 0.1) is 5.69 Å². The number of benzene rings is 6. The summed E-state index contributed by atoms with van der Waals surface area (Å²) in [5.74, 6) is 0.909. The first-order valence-electron chi connectivity index (χ1n) is 15.9. The van der Waals surface area contributed by atoms with Gasteiger partial charge in [-0.1, -0.05) is 103 Å². The van der Waals surface area contributed by atoms with Crippen LogP contribution in [0.4, 0.5) is 17.2 Å². The third kappa shape index (κ3) is 4.70. The van der Waals surface area contributed by atoms with Crippen molar-refractivity contribution in [2.24, 2.45) is 0 Å². The van der Waals surface area contributed by atoms with Gasteiger partial charge in [0, 0.05) is 35.4 Å². The number of nitrogens with one attached hydrogen (secondary N) is 1. The first-order valence-corrected chi connectivity index (χ1v) is 15.9. The second kappa shape index (κ2) is 11.3. The molecule has 4 heteroatoms. The average molecular weight is 603 g/mol. The predicted molar refractivity (Wildman–Crippen MR) is 195 cm³/mol. The van der Waals surface area contributed by atoms with Crippen molar-refractivity contribution in [2.45, 2.75) is 6.17 Å². The zero-order valence-corrected chi connectivity index (χ0v) is 25.6. The average Bonchev–Trinajstić information content (AvgIpc) is 3.55. The molecule has 8 aromatic rings. The summed E-state index contributed by atoms with van der Waals surface area (Å²) in [4.78, 5) is 11.8. The minimum absolute atomic E-state index is 0.202. The molecule has 0 radical (unpaired) electrons. The molecule has 1 unspecified atom stereocenters. The van der Waals surface area contributed by atoms with Gasteiger partial charge in [-0.05, 0) is 97.9 Å². The van der Waals surface area contributed by atoms with Gasteiger partial charge in [0.15, 0.2) is 5.82 Å². The van der Waals surface area contributed by atoms with Gasteiger partial charge in [0.25, 0.3) is 0 Å². The largest absolute Gasteiger partial charge is 0.358 e. The van der Waals surface area contributed by atoms with Crippen molar-refractivity contribution in [3.8, 4) is 33.4 Å². The van der Waals surface area contributed by atoms with Gasteiger partial charge in [-0.15, -0.1) is 0 Å². The van der Waals surface area contributed by atoms with Crippen LogP contribution in [0.25, 0.3) is 54.9 Å². The fourth-order valence-electron chi connectivity index (χ4n) is 7.01. The Morgan fingerprint density at radius 1 is 0.511 bits per heavy atom. The highest BCUT2D eigenvalue weighted by molar-refractivity contribution is 6.14. The summed E-state index contributed by atoms with van der Waals surface area (Å²) in [6.07, 6.45) is 5.49. The molecule has 47 heavy (non-hydrogen) atoms. The molecule has 1 N–H and O–H groups in total. The van der Waals surface area contributed by atoms with E-state index < -0.39 is 0 Å². The second-order valence-electron chi connectivity index (χ2n) is 12.0. The summed E-state index contributed by atoms with van der Waals surface area (Å²) in [5, 5.41) is 8.91. The van der Waals surface area contributed by atoms with E-state index in [0.29, 0.717) is 0 Å². The monoisotopic (exact) mass is 602 g/mol. The summed E-state index contributed by atoms with van der Waals surface area (Å²) in [6, 6.07) is 54.0. The van der Waals surface area contributed by atoms with Crippen LogP contribution in [0, 0.1) is 0 Å². The number of aromatic nitrogens is 2. The Hall–Kier alpha value is -6.26. The van der Waals surface area contributed by atoms with Gasteiger partial charge in [-0.25, -0.2) is 4.98 Å². The van der Waals surface area contributed by atoms with Crippen LogP contribution in [0.2, 0.25) is 0 Å². The minimum Gasteiger partial charge on any atom is -0.358 e. The fourth-order valence-corrected chi connectivity index (χ4v) is 7.01. The summed E-state index contributed by atoms with van der Waals surface area (Å²) in [6.45, 7) is 0. The van der Waals surface area contributed by atoms with Gasteiger partial charge < -0.3 is 5.32 Å². The molecule has 1 aliphatic rings. The van der Waals surface area contributed by atoms with Gasteiger partial charge in [0.1, 0.15) is 6.17 Å². The lowest BCUT2D eigenvalue weighted by molar-refractivity contribution is 0.821. The molecule has 1 aliphatic heterocycles. The number of anilines is 3. The van der Waals surface area contributed by atoms with E-state index >= 15 is 0 Å². The number of fused-ring (bicyclic) bond motifs is 4. The summed E-state index contributed by atoms with van der Waals surface area (Å²) in [5.41, 5.74) is 10.1. The molecule has 6 aromatic carbocycles. The van der Waals surface area contributed by atoms with Crippen LogP contribution in [0.1, 0.15) is 11.7 Å². The molecule has 4 nitrogen and oxygen atoms in total. The molecule has 0 aliphatic carbocycles. The number of nitrogens with zero attached hydrogens (tertiary/aromatic N) is 3. The van der Waals surface area contributed by atoms with Crippen LogP contribution < -0.4 is 10.2 Å². The maximum atomic E-state index is 4.97. The van der Waals surface area contributed by atoms with Gasteiger partial charge in [-0.2, -0.15) is 0 Å². The van der Waals surface area contributed by atoms with Crippen LogP contribution in [0.15, 0.2) is 170 Å². The van der Waals surface area contributed by atoms with Gasteiger partial charge in [0.2, 0.25) is 0 Å². The Morgan fingerprint density at radius 3 is 2.02 bits per heavy atom. The minimum atomic E-state index is -0.202. The smallest absolute Gasteiger partial charge is 0.159 e. The number of rotatable bonds is 5. The zero-order valence-electron chi connectivity index (χ0n) is 25.6. The van der Waals surface area contributed by atoms with E-state index in [4.69, 9.17) is 4.98 Å². The molecule has 9 rings (SSSR count). The Bertz CT molecular complexity index is 2390. The van der Waals surface area contributed by atoms with Gasteiger partial charge in [-0.3, -0.25) is 9.88 Å². The van der Waals surface area contributed by atoms with Crippen molar-refractivity contribution in [1.82, 2.24) is 9.97 Å². The van der Waals surface area contributed by atoms with Gasteiger partial charge >= 0.3 is 0 Å². The molecule has 3 heterocycles. The molecule has 222 valence electrons. The molecule has 1 atom stereocenters. The van der Waals surface area contributed by atoms with Crippen LogP contribution in [0.5, 0.6) is 0 Å².